The van der Waals surface area contributed by atoms with Gasteiger partial charge < -0.3 is 4.90 Å². The van der Waals surface area contributed by atoms with Crippen molar-refractivity contribution < 1.29 is 13.2 Å². The van der Waals surface area contributed by atoms with Crippen molar-refractivity contribution in [1.29, 1.82) is 0 Å². The number of hydrogen-bond donors (Lipinski definition) is 0. The third kappa shape index (κ3) is 4.19. The van der Waals surface area contributed by atoms with Crippen molar-refractivity contribution in [3.05, 3.63) is 0 Å². The standard InChI is InChI=1S/C18H33N3O3S/c1-16(2)7-13-19-14-18(9-6-17(19)22)8-5-12-21(15-18)25(23,24)20-10-3-4-11-20/h16H,3-15H2,1-2H3/t18-/m1/s1. The number of hydrogen-bond acceptors (Lipinski definition) is 3. The highest BCUT2D eigenvalue weighted by Gasteiger charge is 2.45. The van der Waals surface area contributed by atoms with Crippen LogP contribution in [0.5, 0.6) is 0 Å². The van der Waals surface area contributed by atoms with Gasteiger partial charge in [-0.25, -0.2) is 0 Å². The molecular weight excluding hydrogens is 338 g/mol. The first-order valence-corrected chi connectivity index (χ1v) is 11.3. The minimum absolute atomic E-state index is 0.0457. The van der Waals surface area contributed by atoms with Crippen molar-refractivity contribution in [3.8, 4) is 0 Å². The largest absolute Gasteiger partial charge is 0.342 e. The van der Waals surface area contributed by atoms with E-state index in [0.29, 0.717) is 38.5 Å². The molecule has 0 aromatic rings. The van der Waals surface area contributed by atoms with E-state index in [0.717, 1.165) is 51.6 Å². The SMILES string of the molecule is CC(C)CCN1C[C@@]2(CCCN(S(=O)(=O)N3CCCC3)C2)CCC1=O. The Kier molecular flexibility index (Phi) is 5.75. The Morgan fingerprint density at radius 3 is 2.36 bits per heavy atom. The molecule has 3 aliphatic heterocycles. The highest BCUT2D eigenvalue weighted by Crippen LogP contribution is 2.40. The summed E-state index contributed by atoms with van der Waals surface area (Å²) in [7, 11) is -3.33. The molecule has 7 heteroatoms. The van der Waals surface area contributed by atoms with Crippen LogP contribution >= 0.6 is 0 Å². The summed E-state index contributed by atoms with van der Waals surface area (Å²) in [4.78, 5) is 14.3. The van der Waals surface area contributed by atoms with Crippen LogP contribution in [0.4, 0.5) is 0 Å². The van der Waals surface area contributed by atoms with E-state index >= 15 is 0 Å². The molecule has 0 radical (unpaired) electrons. The normalized spacial score (nSPS) is 29.9. The first-order valence-electron chi connectivity index (χ1n) is 9.85. The molecule has 144 valence electrons. The zero-order valence-corrected chi connectivity index (χ0v) is 16.6. The van der Waals surface area contributed by atoms with Crippen LogP contribution in [0.15, 0.2) is 0 Å². The topological polar surface area (TPSA) is 60.9 Å². The summed E-state index contributed by atoms with van der Waals surface area (Å²) in [5.41, 5.74) is -0.0457. The highest BCUT2D eigenvalue weighted by atomic mass is 32.2. The number of piperidine rings is 2. The van der Waals surface area contributed by atoms with Crippen LogP contribution in [0.3, 0.4) is 0 Å². The molecule has 3 rings (SSSR count). The molecule has 3 heterocycles. The van der Waals surface area contributed by atoms with Gasteiger partial charge in [-0.3, -0.25) is 4.79 Å². The zero-order valence-electron chi connectivity index (χ0n) is 15.7. The predicted molar refractivity (Wildman–Crippen MR) is 98.2 cm³/mol. The summed E-state index contributed by atoms with van der Waals surface area (Å²) in [6, 6.07) is 0. The van der Waals surface area contributed by atoms with E-state index in [1.54, 1.807) is 8.61 Å². The third-order valence-corrected chi connectivity index (χ3v) is 8.05. The van der Waals surface area contributed by atoms with Gasteiger partial charge in [-0.2, -0.15) is 17.0 Å². The molecule has 0 bridgehead atoms. The van der Waals surface area contributed by atoms with Crippen molar-refractivity contribution >= 4 is 16.1 Å². The Hall–Kier alpha value is -0.660. The van der Waals surface area contributed by atoms with Gasteiger partial charge >= 0.3 is 0 Å². The third-order valence-electron chi connectivity index (χ3n) is 6.07. The first kappa shape index (κ1) is 19.1. The summed E-state index contributed by atoms with van der Waals surface area (Å²) in [6.45, 7) is 8.40. The fourth-order valence-corrected chi connectivity index (χ4v) is 6.34. The lowest BCUT2D eigenvalue weighted by Crippen LogP contribution is -2.57. The predicted octanol–water partition coefficient (Wildman–Crippen LogP) is 2.08. The van der Waals surface area contributed by atoms with E-state index < -0.39 is 10.2 Å². The number of likely N-dealkylation sites (tertiary alicyclic amines) is 1. The molecule has 25 heavy (non-hydrogen) atoms. The van der Waals surface area contributed by atoms with E-state index in [1.165, 1.54) is 0 Å². The summed E-state index contributed by atoms with van der Waals surface area (Å²) in [5.74, 6) is 0.815. The monoisotopic (exact) mass is 371 g/mol. The quantitative estimate of drug-likeness (QED) is 0.743. The molecule has 0 aromatic carbocycles. The first-order chi connectivity index (χ1) is 11.8. The summed E-state index contributed by atoms with van der Waals surface area (Å²) < 4.78 is 29.2. The van der Waals surface area contributed by atoms with Crippen LogP contribution in [-0.4, -0.2) is 67.1 Å². The molecule has 0 N–H and O–H groups in total. The van der Waals surface area contributed by atoms with Crippen LogP contribution in [0.25, 0.3) is 0 Å². The van der Waals surface area contributed by atoms with Gasteiger partial charge in [-0.05, 0) is 44.4 Å². The van der Waals surface area contributed by atoms with Crippen molar-refractivity contribution in [2.24, 2.45) is 11.3 Å². The van der Waals surface area contributed by atoms with Gasteiger partial charge in [0.05, 0.1) is 0 Å². The lowest BCUT2D eigenvalue weighted by Gasteiger charge is -2.48. The molecule has 1 amide bonds. The van der Waals surface area contributed by atoms with Gasteiger partial charge in [0.2, 0.25) is 5.91 Å². The average molecular weight is 372 g/mol. The van der Waals surface area contributed by atoms with E-state index in [1.807, 2.05) is 4.90 Å². The number of amides is 1. The number of nitrogens with zero attached hydrogens (tertiary/aromatic N) is 3. The maximum absolute atomic E-state index is 12.9. The molecule has 3 aliphatic rings. The molecule has 0 unspecified atom stereocenters. The Bertz CT molecular complexity index is 586. The van der Waals surface area contributed by atoms with Crippen LogP contribution in [-0.2, 0) is 15.0 Å². The molecule has 3 saturated heterocycles. The molecule has 0 aromatic heterocycles. The summed E-state index contributed by atoms with van der Waals surface area (Å²) in [5, 5.41) is 0. The minimum Gasteiger partial charge on any atom is -0.342 e. The van der Waals surface area contributed by atoms with Gasteiger partial charge in [0.1, 0.15) is 0 Å². The lowest BCUT2D eigenvalue weighted by atomic mass is 9.74. The van der Waals surface area contributed by atoms with Gasteiger partial charge in [-0.15, -0.1) is 0 Å². The molecule has 3 fully saturated rings. The Balaban J connectivity index is 1.69. The smallest absolute Gasteiger partial charge is 0.281 e. The molecule has 1 spiro atoms. The van der Waals surface area contributed by atoms with Gasteiger partial charge in [-0.1, -0.05) is 13.8 Å². The summed E-state index contributed by atoms with van der Waals surface area (Å²) >= 11 is 0. The number of rotatable bonds is 5. The van der Waals surface area contributed by atoms with E-state index in [2.05, 4.69) is 13.8 Å². The molecule has 0 aliphatic carbocycles. The van der Waals surface area contributed by atoms with Crippen molar-refractivity contribution in [3.63, 3.8) is 0 Å². The fourth-order valence-electron chi connectivity index (χ4n) is 4.49. The van der Waals surface area contributed by atoms with Crippen molar-refractivity contribution in [2.45, 2.75) is 58.8 Å². The van der Waals surface area contributed by atoms with Crippen LogP contribution < -0.4 is 0 Å². The molecule has 1 atom stereocenters. The summed E-state index contributed by atoms with van der Waals surface area (Å²) in [6.07, 6.45) is 6.28. The van der Waals surface area contributed by atoms with Gasteiger partial charge in [0.25, 0.3) is 10.2 Å². The van der Waals surface area contributed by atoms with Crippen molar-refractivity contribution in [1.82, 2.24) is 13.5 Å². The Morgan fingerprint density at radius 2 is 1.68 bits per heavy atom. The number of carbonyl (C=O) groups excluding carboxylic acids is 1. The Morgan fingerprint density at radius 1 is 1.00 bits per heavy atom. The van der Waals surface area contributed by atoms with Crippen LogP contribution in [0.2, 0.25) is 0 Å². The lowest BCUT2D eigenvalue weighted by molar-refractivity contribution is -0.138. The zero-order chi connectivity index (χ0) is 18.1. The van der Waals surface area contributed by atoms with Crippen molar-refractivity contribution in [2.75, 3.05) is 39.3 Å². The maximum atomic E-state index is 12.9. The second-order valence-corrected chi connectivity index (χ2v) is 10.5. The van der Waals surface area contributed by atoms with E-state index in [4.69, 9.17) is 0 Å². The van der Waals surface area contributed by atoms with E-state index in [9.17, 15) is 13.2 Å². The minimum atomic E-state index is -3.33. The molecule has 0 saturated carbocycles. The average Bonchev–Trinajstić information content (AvgIpc) is 3.11. The second kappa shape index (κ2) is 7.53. The Labute approximate surface area is 152 Å². The van der Waals surface area contributed by atoms with E-state index in [-0.39, 0.29) is 11.3 Å². The number of carbonyl (C=O) groups is 1. The fraction of sp³-hybridized carbons (Fsp3) is 0.944. The maximum Gasteiger partial charge on any atom is 0.281 e. The highest BCUT2D eigenvalue weighted by molar-refractivity contribution is 7.86. The van der Waals surface area contributed by atoms with Gasteiger partial charge in [0, 0.05) is 51.1 Å². The molecular formula is C18H33N3O3S. The van der Waals surface area contributed by atoms with Gasteiger partial charge in [0.15, 0.2) is 0 Å². The second-order valence-electron chi connectivity index (χ2n) is 8.55. The van der Waals surface area contributed by atoms with Crippen LogP contribution in [0.1, 0.15) is 58.8 Å². The molecule has 6 nitrogen and oxygen atoms in total. The van der Waals surface area contributed by atoms with Crippen LogP contribution in [0, 0.1) is 11.3 Å².